The minimum atomic E-state index is -0.585. The first-order valence-electron chi connectivity index (χ1n) is 9.56. The molecule has 2 saturated carbocycles. The van der Waals surface area contributed by atoms with Crippen LogP contribution in [0.25, 0.3) is 0 Å². The van der Waals surface area contributed by atoms with Crippen molar-refractivity contribution in [2.45, 2.75) is 57.2 Å². The van der Waals surface area contributed by atoms with Crippen molar-refractivity contribution in [1.29, 1.82) is 0 Å². The third-order valence-electron chi connectivity index (χ3n) is 5.57. The Morgan fingerprint density at radius 1 is 1.19 bits per heavy atom. The van der Waals surface area contributed by atoms with E-state index in [0.29, 0.717) is 17.6 Å². The molecule has 4 N–H and O–H groups in total. The Hall–Kier alpha value is -1.79. The number of benzene rings is 1. The number of carbonyl (C=O) groups excluding carboxylic acids is 2. The van der Waals surface area contributed by atoms with Crippen molar-refractivity contribution in [2.24, 2.45) is 17.6 Å². The molecule has 3 unspecified atom stereocenters. The van der Waals surface area contributed by atoms with Crippen LogP contribution >= 0.6 is 12.4 Å². The second-order valence-electron chi connectivity index (χ2n) is 7.61. The number of hydrogen-bond donors (Lipinski definition) is 3. The number of nitrogens with one attached hydrogen (secondary N) is 2. The summed E-state index contributed by atoms with van der Waals surface area (Å²) in [7, 11) is 0. The monoisotopic (exact) mass is 395 g/mol. The van der Waals surface area contributed by atoms with E-state index in [0.717, 1.165) is 25.7 Å². The van der Waals surface area contributed by atoms with Crippen molar-refractivity contribution in [2.75, 3.05) is 6.61 Å². The van der Waals surface area contributed by atoms with Crippen LogP contribution in [-0.2, 0) is 9.59 Å². The van der Waals surface area contributed by atoms with Gasteiger partial charge in [0.1, 0.15) is 11.8 Å². The average Bonchev–Trinajstić information content (AvgIpc) is 2.61. The van der Waals surface area contributed by atoms with Crippen molar-refractivity contribution in [3.8, 4) is 5.75 Å². The van der Waals surface area contributed by atoms with E-state index in [1.54, 1.807) is 19.1 Å². The minimum absolute atomic E-state index is 0. The Kier molecular flexibility index (Phi) is 7.92. The topological polar surface area (TPSA) is 93.4 Å². The molecule has 1 aromatic carbocycles. The summed E-state index contributed by atoms with van der Waals surface area (Å²) in [6, 6.07) is 9.01. The van der Waals surface area contributed by atoms with Gasteiger partial charge in [0.2, 0.25) is 5.91 Å². The number of fused-ring (bicyclic) bond motifs is 2. The largest absolute Gasteiger partial charge is 0.484 e. The van der Waals surface area contributed by atoms with Gasteiger partial charge in [-0.1, -0.05) is 24.6 Å². The van der Waals surface area contributed by atoms with E-state index < -0.39 is 6.04 Å². The predicted molar refractivity (Wildman–Crippen MR) is 107 cm³/mol. The molecule has 2 aliphatic carbocycles. The highest BCUT2D eigenvalue weighted by Crippen LogP contribution is 2.39. The summed E-state index contributed by atoms with van der Waals surface area (Å²) in [5.41, 5.74) is 6.14. The Morgan fingerprint density at radius 3 is 2.44 bits per heavy atom. The lowest BCUT2D eigenvalue weighted by Gasteiger charge is -2.45. The molecule has 0 heterocycles. The van der Waals surface area contributed by atoms with Crippen LogP contribution in [-0.4, -0.2) is 36.5 Å². The maximum Gasteiger partial charge on any atom is 0.258 e. The zero-order chi connectivity index (χ0) is 18.5. The highest BCUT2D eigenvalue weighted by Gasteiger charge is 2.40. The van der Waals surface area contributed by atoms with Gasteiger partial charge < -0.3 is 21.1 Å². The second kappa shape index (κ2) is 9.95. The average molecular weight is 396 g/mol. The van der Waals surface area contributed by atoms with Gasteiger partial charge in [-0.15, -0.1) is 12.4 Å². The maximum atomic E-state index is 12.5. The number of rotatable bonds is 6. The quantitative estimate of drug-likeness (QED) is 0.686. The molecule has 1 aromatic rings. The van der Waals surface area contributed by atoms with Crippen LogP contribution < -0.4 is 21.1 Å². The van der Waals surface area contributed by atoms with Gasteiger partial charge >= 0.3 is 0 Å². The van der Waals surface area contributed by atoms with Crippen molar-refractivity contribution in [3.05, 3.63) is 30.3 Å². The molecule has 2 bridgehead atoms. The molecule has 27 heavy (non-hydrogen) atoms. The SMILES string of the molecule is CC(NC(=O)COc1ccccc1)C(=O)NC1C2CCCC1CC(N)C2.Cl. The highest BCUT2D eigenvalue weighted by atomic mass is 35.5. The van der Waals surface area contributed by atoms with E-state index in [4.69, 9.17) is 10.5 Å². The Balaban J connectivity index is 0.00000261. The number of hydrogen-bond acceptors (Lipinski definition) is 4. The molecule has 0 aliphatic heterocycles. The van der Waals surface area contributed by atoms with Gasteiger partial charge in [-0.3, -0.25) is 9.59 Å². The van der Waals surface area contributed by atoms with Crippen LogP contribution in [0.2, 0.25) is 0 Å². The zero-order valence-corrected chi connectivity index (χ0v) is 16.5. The molecule has 2 fully saturated rings. The minimum Gasteiger partial charge on any atom is -0.484 e. The van der Waals surface area contributed by atoms with Crippen LogP contribution in [0.15, 0.2) is 30.3 Å². The molecule has 6 nitrogen and oxygen atoms in total. The highest BCUT2D eigenvalue weighted by molar-refractivity contribution is 5.88. The summed E-state index contributed by atoms with van der Waals surface area (Å²) in [6.07, 6.45) is 5.43. The molecule has 3 atom stereocenters. The normalized spacial score (nSPS) is 27.6. The smallest absolute Gasteiger partial charge is 0.258 e. The second-order valence-corrected chi connectivity index (χ2v) is 7.61. The molecule has 7 heteroatoms. The van der Waals surface area contributed by atoms with Crippen LogP contribution in [0.1, 0.15) is 39.0 Å². The molecule has 150 valence electrons. The number of amides is 2. The zero-order valence-electron chi connectivity index (χ0n) is 15.7. The lowest BCUT2D eigenvalue weighted by Crippen LogP contribution is -2.57. The standard InChI is InChI=1S/C20H29N3O3.ClH/c1-13(22-18(24)12-26-17-8-3-2-4-9-17)20(25)23-19-14-6-5-7-15(19)11-16(21)10-14;/h2-4,8-9,13-16,19H,5-7,10-12,21H2,1H3,(H,22,24)(H,23,25);1H. The number of carbonyl (C=O) groups is 2. The van der Waals surface area contributed by atoms with Gasteiger partial charge in [-0.2, -0.15) is 0 Å². The fourth-order valence-electron chi connectivity index (χ4n) is 4.33. The van der Waals surface area contributed by atoms with Gasteiger partial charge in [-0.25, -0.2) is 0 Å². The van der Waals surface area contributed by atoms with Crippen LogP contribution in [0.3, 0.4) is 0 Å². The van der Waals surface area contributed by atoms with Gasteiger partial charge in [0.05, 0.1) is 0 Å². The molecule has 0 spiro atoms. The van der Waals surface area contributed by atoms with E-state index in [1.807, 2.05) is 18.2 Å². The van der Waals surface area contributed by atoms with Crippen LogP contribution in [0.5, 0.6) is 5.75 Å². The number of ether oxygens (including phenoxy) is 1. The van der Waals surface area contributed by atoms with Gasteiger partial charge in [-0.05, 0) is 56.6 Å². The number of para-hydroxylation sites is 1. The van der Waals surface area contributed by atoms with E-state index in [9.17, 15) is 9.59 Å². The Bertz CT molecular complexity index is 614. The third-order valence-corrected chi connectivity index (χ3v) is 5.57. The molecule has 2 amide bonds. The van der Waals surface area contributed by atoms with Crippen LogP contribution in [0, 0.1) is 11.8 Å². The van der Waals surface area contributed by atoms with Crippen molar-refractivity contribution in [3.63, 3.8) is 0 Å². The fraction of sp³-hybridized carbons (Fsp3) is 0.600. The molecule has 0 radical (unpaired) electrons. The lowest BCUT2D eigenvalue weighted by atomic mass is 9.67. The first-order chi connectivity index (χ1) is 12.5. The number of halogens is 1. The van der Waals surface area contributed by atoms with E-state index in [1.165, 1.54) is 6.42 Å². The van der Waals surface area contributed by atoms with Crippen molar-refractivity contribution in [1.82, 2.24) is 10.6 Å². The summed E-state index contributed by atoms with van der Waals surface area (Å²) >= 11 is 0. The third kappa shape index (κ3) is 5.84. The summed E-state index contributed by atoms with van der Waals surface area (Å²) < 4.78 is 5.41. The molecule has 0 saturated heterocycles. The predicted octanol–water partition coefficient (Wildman–Crippen LogP) is 2.01. The van der Waals surface area contributed by atoms with Crippen LogP contribution in [0.4, 0.5) is 0 Å². The Morgan fingerprint density at radius 2 is 1.81 bits per heavy atom. The van der Waals surface area contributed by atoms with E-state index >= 15 is 0 Å². The lowest BCUT2D eigenvalue weighted by molar-refractivity contribution is -0.130. The fourth-order valence-corrected chi connectivity index (χ4v) is 4.33. The van der Waals surface area contributed by atoms with Crippen molar-refractivity contribution < 1.29 is 14.3 Å². The first-order valence-corrected chi connectivity index (χ1v) is 9.56. The summed E-state index contributed by atoms with van der Waals surface area (Å²) in [4.78, 5) is 24.6. The summed E-state index contributed by atoms with van der Waals surface area (Å²) in [5.74, 6) is 1.13. The van der Waals surface area contributed by atoms with E-state index in [-0.39, 0.29) is 42.9 Å². The first kappa shape index (κ1) is 21.5. The summed E-state index contributed by atoms with van der Waals surface area (Å²) in [6.45, 7) is 1.60. The number of nitrogens with two attached hydrogens (primary N) is 1. The maximum absolute atomic E-state index is 12.5. The molecule has 2 aliphatic rings. The molecular weight excluding hydrogens is 366 g/mol. The van der Waals surface area contributed by atoms with Gasteiger partial charge in [0.15, 0.2) is 6.61 Å². The molecule has 3 rings (SSSR count). The van der Waals surface area contributed by atoms with Gasteiger partial charge in [0.25, 0.3) is 5.91 Å². The van der Waals surface area contributed by atoms with E-state index in [2.05, 4.69) is 10.6 Å². The summed E-state index contributed by atoms with van der Waals surface area (Å²) in [5, 5.41) is 5.88. The molecular formula is C20H30ClN3O3. The van der Waals surface area contributed by atoms with Crippen molar-refractivity contribution >= 4 is 24.2 Å². The van der Waals surface area contributed by atoms with Gasteiger partial charge in [0, 0.05) is 12.1 Å². The molecule has 0 aromatic heterocycles. The Labute approximate surface area is 167 Å².